The number of ether oxygens (including phenoxy) is 1. The molecule has 0 atom stereocenters. The summed E-state index contributed by atoms with van der Waals surface area (Å²) >= 11 is 3.33. The lowest BCUT2D eigenvalue weighted by molar-refractivity contribution is 0.339. The highest BCUT2D eigenvalue weighted by Crippen LogP contribution is 2.16. The van der Waals surface area contributed by atoms with Crippen molar-refractivity contribution in [3.8, 4) is 5.75 Å². The van der Waals surface area contributed by atoms with Gasteiger partial charge in [-0.2, -0.15) is 0 Å². The van der Waals surface area contributed by atoms with E-state index in [4.69, 9.17) is 4.74 Å². The smallest absolute Gasteiger partial charge is 0.128 e. The van der Waals surface area contributed by atoms with E-state index in [0.717, 1.165) is 10.2 Å². The Balaban J connectivity index is 2.75. The van der Waals surface area contributed by atoms with Gasteiger partial charge in [0.2, 0.25) is 0 Å². The Labute approximate surface area is 69.1 Å². The molecule has 0 fully saturated rings. The maximum Gasteiger partial charge on any atom is 0.128 e. The van der Waals surface area contributed by atoms with Crippen LogP contribution >= 0.6 is 15.9 Å². The summed E-state index contributed by atoms with van der Waals surface area (Å²) in [5.41, 5.74) is 0. The molecule has 0 aromatic heterocycles. The summed E-state index contributed by atoms with van der Waals surface area (Å²) in [6.45, 7) is 2.64. The molecule has 10 heavy (non-hydrogen) atoms. The summed E-state index contributed by atoms with van der Waals surface area (Å²) in [4.78, 5) is 0. The van der Waals surface area contributed by atoms with Gasteiger partial charge in [-0.25, -0.2) is 0 Å². The molecule has 0 spiro atoms. The van der Waals surface area contributed by atoms with Crippen molar-refractivity contribution in [3.05, 3.63) is 28.7 Å². The molecule has 0 saturated heterocycles. The van der Waals surface area contributed by atoms with E-state index in [1.165, 1.54) is 0 Å². The predicted octanol–water partition coefficient (Wildman–Crippen LogP) is 2.65. The molecule has 0 aliphatic rings. The van der Waals surface area contributed by atoms with Crippen molar-refractivity contribution >= 4 is 15.9 Å². The maximum atomic E-state index is 5.20. The van der Waals surface area contributed by atoms with Gasteiger partial charge in [0, 0.05) is 10.5 Å². The quantitative estimate of drug-likeness (QED) is 0.712. The van der Waals surface area contributed by atoms with E-state index in [1.807, 2.05) is 25.1 Å². The Morgan fingerprint density at radius 2 is 2.50 bits per heavy atom. The fourth-order valence-electron chi connectivity index (χ4n) is 0.657. The average molecular weight is 200 g/mol. The summed E-state index contributed by atoms with van der Waals surface area (Å²) in [6.07, 6.45) is 0. The Bertz CT molecular complexity index is 210. The Morgan fingerprint density at radius 3 is 3.10 bits per heavy atom. The predicted molar refractivity (Wildman–Crippen MR) is 44.1 cm³/mol. The first-order valence-corrected chi connectivity index (χ1v) is 3.92. The van der Waals surface area contributed by atoms with E-state index >= 15 is 0 Å². The van der Waals surface area contributed by atoms with Gasteiger partial charge in [0.1, 0.15) is 5.75 Å². The summed E-state index contributed by atoms with van der Waals surface area (Å²) in [7, 11) is 0. The van der Waals surface area contributed by atoms with Crippen LogP contribution in [-0.2, 0) is 0 Å². The maximum absolute atomic E-state index is 5.20. The summed E-state index contributed by atoms with van der Waals surface area (Å²) in [6, 6.07) is 8.60. The normalized spacial score (nSPS) is 9.40. The first-order chi connectivity index (χ1) is 4.83. The standard InChI is InChI=1S/C8H8BrO/c1-2-10-8-5-3-4-7(9)6-8/h3-4,6H,2H2,1H3. The lowest BCUT2D eigenvalue weighted by atomic mass is 10.3. The van der Waals surface area contributed by atoms with E-state index in [0.29, 0.717) is 6.61 Å². The lowest BCUT2D eigenvalue weighted by Gasteiger charge is -2.00. The molecule has 0 N–H and O–H groups in total. The van der Waals surface area contributed by atoms with Gasteiger partial charge in [0.25, 0.3) is 0 Å². The van der Waals surface area contributed by atoms with Crippen LogP contribution in [0.15, 0.2) is 22.7 Å². The van der Waals surface area contributed by atoms with Crippen LogP contribution in [0.3, 0.4) is 0 Å². The third-order valence-electron chi connectivity index (χ3n) is 1.04. The minimum Gasteiger partial charge on any atom is -0.493 e. The Morgan fingerprint density at radius 1 is 1.70 bits per heavy atom. The highest BCUT2D eigenvalue weighted by Gasteiger charge is 1.90. The van der Waals surface area contributed by atoms with Gasteiger partial charge in [-0.1, -0.05) is 15.9 Å². The number of halogens is 1. The van der Waals surface area contributed by atoms with Gasteiger partial charge in [-0.05, 0) is 25.1 Å². The highest BCUT2D eigenvalue weighted by molar-refractivity contribution is 9.10. The largest absolute Gasteiger partial charge is 0.493 e. The molecule has 1 aromatic carbocycles. The van der Waals surface area contributed by atoms with Crippen molar-refractivity contribution in [2.75, 3.05) is 6.61 Å². The first kappa shape index (κ1) is 7.61. The zero-order chi connectivity index (χ0) is 7.40. The SMILES string of the molecule is CCOc1[c]ccc(Br)c1. The van der Waals surface area contributed by atoms with Gasteiger partial charge in [0.05, 0.1) is 6.61 Å². The summed E-state index contributed by atoms with van der Waals surface area (Å²) in [5, 5.41) is 0. The second kappa shape index (κ2) is 3.62. The van der Waals surface area contributed by atoms with Crippen molar-refractivity contribution in [1.82, 2.24) is 0 Å². The van der Waals surface area contributed by atoms with Crippen LogP contribution < -0.4 is 4.74 Å². The van der Waals surface area contributed by atoms with Crippen LogP contribution in [0.2, 0.25) is 0 Å². The highest BCUT2D eigenvalue weighted by atomic mass is 79.9. The molecule has 0 saturated carbocycles. The van der Waals surface area contributed by atoms with Crippen molar-refractivity contribution in [1.29, 1.82) is 0 Å². The van der Waals surface area contributed by atoms with Gasteiger partial charge in [-0.3, -0.25) is 0 Å². The van der Waals surface area contributed by atoms with Crippen molar-refractivity contribution in [2.24, 2.45) is 0 Å². The number of rotatable bonds is 2. The molecule has 0 aliphatic carbocycles. The first-order valence-electron chi connectivity index (χ1n) is 3.13. The minimum atomic E-state index is 0.687. The lowest BCUT2D eigenvalue weighted by Crippen LogP contribution is -1.90. The third kappa shape index (κ3) is 2.03. The molecule has 0 amide bonds. The number of hydrogen-bond acceptors (Lipinski definition) is 1. The molecule has 1 nitrogen and oxygen atoms in total. The minimum absolute atomic E-state index is 0.687. The van der Waals surface area contributed by atoms with E-state index in [2.05, 4.69) is 22.0 Å². The van der Waals surface area contributed by atoms with Gasteiger partial charge in [-0.15, -0.1) is 0 Å². The van der Waals surface area contributed by atoms with Crippen molar-refractivity contribution < 1.29 is 4.74 Å². The van der Waals surface area contributed by atoms with Crippen molar-refractivity contribution in [3.63, 3.8) is 0 Å². The third-order valence-corrected chi connectivity index (χ3v) is 1.53. The molecule has 0 bridgehead atoms. The number of benzene rings is 1. The molecule has 1 aromatic rings. The fraction of sp³-hybridized carbons (Fsp3) is 0.250. The number of hydrogen-bond donors (Lipinski definition) is 0. The van der Waals surface area contributed by atoms with Gasteiger partial charge >= 0.3 is 0 Å². The molecular formula is C8H8BrO. The van der Waals surface area contributed by atoms with Crippen LogP contribution in [0.1, 0.15) is 6.92 Å². The van der Waals surface area contributed by atoms with Crippen LogP contribution in [0.5, 0.6) is 5.75 Å². The molecule has 1 radical (unpaired) electrons. The van der Waals surface area contributed by atoms with Crippen molar-refractivity contribution in [2.45, 2.75) is 6.92 Å². The van der Waals surface area contributed by atoms with Crippen LogP contribution in [0.4, 0.5) is 0 Å². The average Bonchev–Trinajstić information content (AvgIpc) is 1.88. The molecular weight excluding hydrogens is 192 g/mol. The van der Waals surface area contributed by atoms with E-state index in [-0.39, 0.29) is 0 Å². The molecule has 1 rings (SSSR count). The zero-order valence-electron chi connectivity index (χ0n) is 5.73. The monoisotopic (exact) mass is 199 g/mol. The topological polar surface area (TPSA) is 9.23 Å². The van der Waals surface area contributed by atoms with E-state index in [9.17, 15) is 0 Å². The molecule has 2 heteroatoms. The van der Waals surface area contributed by atoms with Crippen LogP contribution in [0, 0.1) is 6.07 Å². The second-order valence-corrected chi connectivity index (χ2v) is 2.72. The summed E-state index contributed by atoms with van der Waals surface area (Å²) in [5.74, 6) is 0.789. The van der Waals surface area contributed by atoms with E-state index in [1.54, 1.807) is 0 Å². The van der Waals surface area contributed by atoms with Crippen LogP contribution in [0.25, 0.3) is 0 Å². The molecule has 0 heterocycles. The molecule has 53 valence electrons. The van der Waals surface area contributed by atoms with Gasteiger partial charge in [0.15, 0.2) is 0 Å². The second-order valence-electron chi connectivity index (χ2n) is 1.80. The molecule has 0 aliphatic heterocycles. The Kier molecular flexibility index (Phi) is 2.75. The van der Waals surface area contributed by atoms with Gasteiger partial charge < -0.3 is 4.74 Å². The summed E-state index contributed by atoms with van der Waals surface area (Å²) < 4.78 is 6.22. The van der Waals surface area contributed by atoms with E-state index < -0.39 is 0 Å². The Hall–Kier alpha value is -0.500. The zero-order valence-corrected chi connectivity index (χ0v) is 7.31. The van der Waals surface area contributed by atoms with Crippen LogP contribution in [-0.4, -0.2) is 6.61 Å². The fourth-order valence-corrected chi connectivity index (χ4v) is 0.997. The molecule has 0 unspecified atom stereocenters.